The molecule has 0 aliphatic heterocycles. The van der Waals surface area contributed by atoms with E-state index in [9.17, 15) is 4.39 Å². The molecular formula is C16H25FS. The number of rotatable bonds is 3. The number of halogens is 1. The lowest BCUT2D eigenvalue weighted by Crippen LogP contribution is -2.41. The lowest BCUT2D eigenvalue weighted by Gasteiger charge is -2.46. The average molecular weight is 268 g/mol. The highest BCUT2D eigenvalue weighted by Gasteiger charge is 2.66. The van der Waals surface area contributed by atoms with Crippen molar-refractivity contribution in [1.29, 1.82) is 0 Å². The molecule has 0 radical (unpaired) electrons. The zero-order valence-electron chi connectivity index (χ0n) is 11.6. The summed E-state index contributed by atoms with van der Waals surface area (Å²) < 4.78 is 12.9. The van der Waals surface area contributed by atoms with Gasteiger partial charge in [0, 0.05) is 5.25 Å². The summed E-state index contributed by atoms with van der Waals surface area (Å²) >= 11 is 2.12. The van der Waals surface area contributed by atoms with Crippen LogP contribution in [0.2, 0.25) is 0 Å². The maximum absolute atomic E-state index is 12.9. The van der Waals surface area contributed by atoms with Crippen LogP contribution in [0.5, 0.6) is 0 Å². The van der Waals surface area contributed by atoms with Gasteiger partial charge in [-0.05, 0) is 79.3 Å². The van der Waals surface area contributed by atoms with Gasteiger partial charge in [0.15, 0.2) is 0 Å². The first-order valence-electron chi connectivity index (χ1n) is 7.76. The molecule has 18 heavy (non-hydrogen) atoms. The van der Waals surface area contributed by atoms with E-state index < -0.39 is 0 Å². The fraction of sp³-hybridized carbons (Fsp3) is 1.00. The van der Waals surface area contributed by atoms with Crippen LogP contribution in [0.3, 0.4) is 0 Å². The van der Waals surface area contributed by atoms with Gasteiger partial charge in [-0.2, -0.15) is 11.8 Å². The van der Waals surface area contributed by atoms with Gasteiger partial charge in [0.1, 0.15) is 0 Å². The molecule has 0 saturated heterocycles. The third-order valence-electron chi connectivity index (χ3n) is 7.23. The first kappa shape index (κ1) is 12.1. The fourth-order valence-electron chi connectivity index (χ4n) is 6.78. The Hall–Kier alpha value is 0.280. The Balaban J connectivity index is 1.61. The van der Waals surface area contributed by atoms with Crippen molar-refractivity contribution >= 4 is 11.8 Å². The molecule has 4 saturated carbocycles. The molecule has 0 aromatic heterocycles. The Kier molecular flexibility index (Phi) is 2.61. The van der Waals surface area contributed by atoms with Crippen molar-refractivity contribution in [3.8, 4) is 0 Å². The molecule has 4 aliphatic rings. The van der Waals surface area contributed by atoms with E-state index >= 15 is 0 Å². The Morgan fingerprint density at radius 3 is 2.72 bits per heavy atom. The van der Waals surface area contributed by atoms with Crippen LogP contribution in [-0.4, -0.2) is 18.2 Å². The maximum atomic E-state index is 12.9. The summed E-state index contributed by atoms with van der Waals surface area (Å²) in [5.41, 5.74) is 0.361. The van der Waals surface area contributed by atoms with Crippen LogP contribution >= 0.6 is 11.8 Å². The number of hydrogen-bond donors (Lipinski definition) is 0. The summed E-state index contributed by atoms with van der Waals surface area (Å²) in [7, 11) is 0. The minimum Gasteiger partial charge on any atom is -0.251 e. The monoisotopic (exact) mass is 268 g/mol. The molecule has 2 heteroatoms. The van der Waals surface area contributed by atoms with E-state index in [0.717, 1.165) is 47.2 Å². The zero-order valence-corrected chi connectivity index (χ0v) is 12.4. The van der Waals surface area contributed by atoms with Gasteiger partial charge in [0.2, 0.25) is 0 Å². The van der Waals surface area contributed by atoms with Crippen LogP contribution < -0.4 is 0 Å². The molecule has 0 amide bonds. The normalized spacial score (nSPS) is 60.5. The van der Waals surface area contributed by atoms with Gasteiger partial charge in [0.25, 0.3) is 0 Å². The zero-order chi connectivity index (χ0) is 12.5. The lowest BCUT2D eigenvalue weighted by atomic mass is 9.60. The van der Waals surface area contributed by atoms with Crippen molar-refractivity contribution in [1.82, 2.24) is 0 Å². The molecule has 0 aromatic carbocycles. The third kappa shape index (κ3) is 1.34. The first-order chi connectivity index (χ1) is 8.68. The van der Waals surface area contributed by atoms with Crippen molar-refractivity contribution in [3.05, 3.63) is 0 Å². The SMILES string of the molecule is CSC1CC2CC1C1C3CC(C21)C(C)(CCF)C3. The molecule has 8 unspecified atom stereocenters. The second-order valence-electron chi connectivity index (χ2n) is 7.72. The largest absolute Gasteiger partial charge is 0.251 e. The van der Waals surface area contributed by atoms with Crippen LogP contribution in [-0.2, 0) is 0 Å². The Bertz CT molecular complexity index is 357. The van der Waals surface area contributed by atoms with Gasteiger partial charge < -0.3 is 0 Å². The van der Waals surface area contributed by atoms with E-state index in [1.54, 1.807) is 0 Å². The first-order valence-corrected chi connectivity index (χ1v) is 9.05. The van der Waals surface area contributed by atoms with Crippen LogP contribution in [0.4, 0.5) is 4.39 Å². The molecular weight excluding hydrogens is 243 g/mol. The average Bonchev–Trinajstić information content (AvgIpc) is 3.02. The molecule has 0 spiro atoms. The van der Waals surface area contributed by atoms with E-state index in [2.05, 4.69) is 24.9 Å². The third-order valence-corrected chi connectivity index (χ3v) is 8.38. The van der Waals surface area contributed by atoms with Gasteiger partial charge in [-0.1, -0.05) is 6.92 Å². The topological polar surface area (TPSA) is 0 Å². The quantitative estimate of drug-likeness (QED) is 0.684. The predicted octanol–water partition coefficient (Wildman–Crippen LogP) is 4.40. The Morgan fingerprint density at radius 1 is 1.17 bits per heavy atom. The van der Waals surface area contributed by atoms with E-state index in [1.807, 2.05) is 0 Å². The second kappa shape index (κ2) is 3.90. The molecule has 0 N–H and O–H groups in total. The lowest BCUT2D eigenvalue weighted by molar-refractivity contribution is 0.0377. The van der Waals surface area contributed by atoms with Crippen molar-refractivity contribution < 1.29 is 4.39 Å². The summed E-state index contributed by atoms with van der Waals surface area (Å²) in [6.07, 6.45) is 8.91. The van der Waals surface area contributed by atoms with Gasteiger partial charge >= 0.3 is 0 Å². The molecule has 0 heterocycles. The molecule has 4 fully saturated rings. The van der Waals surface area contributed by atoms with E-state index in [1.165, 1.54) is 25.7 Å². The Labute approximate surface area is 114 Å². The molecule has 4 bridgehead atoms. The van der Waals surface area contributed by atoms with Crippen molar-refractivity contribution in [2.75, 3.05) is 12.9 Å². The van der Waals surface area contributed by atoms with Gasteiger partial charge in [-0.25, -0.2) is 0 Å². The summed E-state index contributed by atoms with van der Waals surface area (Å²) in [4.78, 5) is 0. The smallest absolute Gasteiger partial charge is 0.0899 e. The number of fused-ring (bicyclic) bond motifs is 9. The van der Waals surface area contributed by atoms with Crippen LogP contribution in [0.25, 0.3) is 0 Å². The summed E-state index contributed by atoms with van der Waals surface area (Å²) in [6.45, 7) is 2.30. The fourth-order valence-corrected chi connectivity index (χ4v) is 7.87. The van der Waals surface area contributed by atoms with Crippen molar-refractivity contribution in [2.45, 2.75) is 44.3 Å². The molecule has 4 aliphatic carbocycles. The molecule has 4 rings (SSSR count). The number of alkyl halides is 1. The number of hydrogen-bond acceptors (Lipinski definition) is 1. The highest BCUT2D eigenvalue weighted by atomic mass is 32.2. The highest BCUT2D eigenvalue weighted by Crippen LogP contribution is 2.73. The van der Waals surface area contributed by atoms with E-state index in [-0.39, 0.29) is 6.67 Å². The Morgan fingerprint density at radius 2 is 2.00 bits per heavy atom. The van der Waals surface area contributed by atoms with Gasteiger partial charge in [0.05, 0.1) is 6.67 Å². The predicted molar refractivity (Wildman–Crippen MR) is 75.4 cm³/mol. The summed E-state index contributed by atoms with van der Waals surface area (Å²) in [6, 6.07) is 0. The highest BCUT2D eigenvalue weighted by molar-refractivity contribution is 7.99. The van der Waals surface area contributed by atoms with Crippen LogP contribution in [0.15, 0.2) is 0 Å². The van der Waals surface area contributed by atoms with Gasteiger partial charge in [-0.15, -0.1) is 0 Å². The second-order valence-corrected chi connectivity index (χ2v) is 8.80. The summed E-state index contributed by atoms with van der Waals surface area (Å²) in [5.74, 6) is 5.90. The van der Waals surface area contributed by atoms with Gasteiger partial charge in [-0.3, -0.25) is 4.39 Å². The molecule has 0 aromatic rings. The van der Waals surface area contributed by atoms with Crippen molar-refractivity contribution in [2.24, 2.45) is 40.9 Å². The molecule has 8 atom stereocenters. The number of thioether (sulfide) groups is 1. The van der Waals surface area contributed by atoms with E-state index in [4.69, 9.17) is 0 Å². The standard InChI is InChI=1S/C16H25FS/c1-16(3-4-17)8-10-6-12(16)15-9-5-11(14(10)15)13(7-9)18-2/h9-15H,3-8H2,1-2H3. The molecule has 102 valence electrons. The van der Waals surface area contributed by atoms with Crippen molar-refractivity contribution in [3.63, 3.8) is 0 Å². The maximum Gasteiger partial charge on any atom is 0.0899 e. The summed E-state index contributed by atoms with van der Waals surface area (Å²) in [5, 5.41) is 0.961. The van der Waals surface area contributed by atoms with Crippen LogP contribution in [0.1, 0.15) is 39.0 Å². The molecule has 0 nitrogen and oxygen atoms in total. The minimum absolute atomic E-state index is 0.0986. The van der Waals surface area contributed by atoms with Crippen LogP contribution in [0, 0.1) is 40.9 Å². The minimum atomic E-state index is -0.0986. The van der Waals surface area contributed by atoms with E-state index in [0.29, 0.717) is 5.41 Å².